The van der Waals surface area contributed by atoms with E-state index in [2.05, 4.69) is 0 Å². The predicted octanol–water partition coefficient (Wildman–Crippen LogP) is 6.78. The van der Waals surface area contributed by atoms with Gasteiger partial charge in [0.05, 0.1) is 20.6 Å². The zero-order valence-corrected chi connectivity index (χ0v) is 23.7. The Morgan fingerprint density at radius 2 is 1.55 bits per heavy atom. The number of hydrogen-bond donors (Lipinski definition) is 1. The molecule has 0 aliphatic carbocycles. The van der Waals surface area contributed by atoms with Gasteiger partial charge in [-0.1, -0.05) is 66.2 Å². The van der Waals surface area contributed by atoms with Crippen molar-refractivity contribution >= 4 is 17.5 Å². The van der Waals surface area contributed by atoms with Gasteiger partial charge in [0.1, 0.15) is 29.2 Å². The van der Waals surface area contributed by atoms with E-state index in [9.17, 15) is 9.90 Å². The zero-order chi connectivity index (χ0) is 28.4. The first kappa shape index (κ1) is 27.7. The van der Waals surface area contributed by atoms with Crippen LogP contribution in [0.4, 0.5) is 0 Å². The van der Waals surface area contributed by atoms with Gasteiger partial charge in [0.25, 0.3) is 5.91 Å². The fourth-order valence-corrected chi connectivity index (χ4v) is 5.20. The number of amides is 1. The van der Waals surface area contributed by atoms with E-state index in [0.29, 0.717) is 16.5 Å². The van der Waals surface area contributed by atoms with E-state index in [-0.39, 0.29) is 12.3 Å². The molecular formula is C33H32ClNO5. The van der Waals surface area contributed by atoms with Crippen LogP contribution in [0.1, 0.15) is 59.4 Å². The molecule has 1 unspecified atom stereocenters. The van der Waals surface area contributed by atoms with Crippen molar-refractivity contribution < 1.29 is 24.2 Å². The third-order valence-corrected chi connectivity index (χ3v) is 7.56. The molecule has 0 saturated carbocycles. The first-order valence-corrected chi connectivity index (χ1v) is 13.4. The van der Waals surface area contributed by atoms with Crippen LogP contribution in [-0.4, -0.2) is 30.3 Å². The van der Waals surface area contributed by atoms with Crippen LogP contribution in [-0.2, 0) is 21.7 Å². The molecule has 0 spiro atoms. The van der Waals surface area contributed by atoms with Gasteiger partial charge in [-0.25, -0.2) is 5.06 Å². The maximum atomic E-state index is 13.6. The van der Waals surface area contributed by atoms with E-state index >= 15 is 0 Å². The van der Waals surface area contributed by atoms with E-state index in [4.69, 9.17) is 25.9 Å². The molecule has 1 amide bonds. The monoisotopic (exact) mass is 557 g/mol. The number of benzene rings is 4. The number of methoxy groups -OCH3 is 2. The Balaban J connectivity index is 1.44. The van der Waals surface area contributed by atoms with Gasteiger partial charge in [-0.05, 0) is 83.6 Å². The van der Waals surface area contributed by atoms with Gasteiger partial charge < -0.3 is 14.6 Å². The second-order valence-electron chi connectivity index (χ2n) is 10.3. The van der Waals surface area contributed by atoms with Crippen LogP contribution in [0.5, 0.6) is 11.5 Å². The van der Waals surface area contributed by atoms with E-state index in [1.807, 2.05) is 105 Å². The lowest BCUT2D eigenvalue weighted by molar-refractivity contribution is -0.249. The minimum absolute atomic E-state index is 0.154. The van der Waals surface area contributed by atoms with Gasteiger partial charge in [-0.2, -0.15) is 0 Å². The maximum Gasteiger partial charge on any atom is 0.251 e. The molecule has 7 heteroatoms. The number of fused-ring (bicyclic) bond motifs is 1. The number of halogens is 1. The van der Waals surface area contributed by atoms with E-state index in [1.54, 1.807) is 14.2 Å². The Bertz CT molecular complexity index is 1500. The number of carbonyl (C=O) groups is 1. The van der Waals surface area contributed by atoms with E-state index < -0.39 is 17.7 Å². The number of aliphatic hydroxyl groups is 1. The van der Waals surface area contributed by atoms with Crippen molar-refractivity contribution in [2.75, 3.05) is 14.2 Å². The van der Waals surface area contributed by atoms with Gasteiger partial charge in [-0.3, -0.25) is 9.63 Å². The Kier molecular flexibility index (Phi) is 7.86. The molecule has 5 rings (SSSR count). The molecule has 0 aromatic heterocycles. The molecule has 4 aromatic rings. The summed E-state index contributed by atoms with van der Waals surface area (Å²) in [7, 11) is 3.21. The summed E-state index contributed by atoms with van der Waals surface area (Å²) in [6, 6.07) is 27.7. The quantitative estimate of drug-likeness (QED) is 0.259. The SMILES string of the molecule is COc1cccc(C(O)c2ccc(C(C)(C)ON3C(=O)Cc4cc(OC)ccc4[C@@H]3c3ccc(Cl)cc3)cc2)c1. The molecule has 6 nitrogen and oxygen atoms in total. The lowest BCUT2D eigenvalue weighted by Crippen LogP contribution is -2.45. The summed E-state index contributed by atoms with van der Waals surface area (Å²) in [4.78, 5) is 20.1. The van der Waals surface area contributed by atoms with Crippen LogP contribution in [0.3, 0.4) is 0 Å². The van der Waals surface area contributed by atoms with Crippen molar-refractivity contribution in [1.29, 1.82) is 0 Å². The van der Waals surface area contributed by atoms with Crippen LogP contribution in [0.2, 0.25) is 5.02 Å². The average molecular weight is 558 g/mol. The van der Waals surface area contributed by atoms with Crippen molar-refractivity contribution in [1.82, 2.24) is 5.06 Å². The topological polar surface area (TPSA) is 68.2 Å². The molecular weight excluding hydrogens is 526 g/mol. The fraction of sp³-hybridized carbons (Fsp3) is 0.242. The average Bonchev–Trinajstić information content (AvgIpc) is 2.97. The highest BCUT2D eigenvalue weighted by atomic mass is 35.5. The Labute approximate surface area is 239 Å². The Morgan fingerprint density at radius 3 is 2.23 bits per heavy atom. The van der Waals surface area contributed by atoms with Gasteiger partial charge in [0.15, 0.2) is 0 Å². The first-order chi connectivity index (χ1) is 19.2. The molecule has 0 saturated heterocycles. The van der Waals surface area contributed by atoms with Crippen molar-refractivity contribution in [2.45, 2.75) is 38.0 Å². The van der Waals surface area contributed by atoms with Gasteiger partial charge >= 0.3 is 0 Å². The number of aliphatic hydroxyl groups excluding tert-OH is 1. The predicted molar refractivity (Wildman–Crippen MR) is 154 cm³/mol. The van der Waals surface area contributed by atoms with E-state index in [0.717, 1.165) is 33.4 Å². The van der Waals surface area contributed by atoms with Gasteiger partial charge in [0, 0.05) is 5.02 Å². The van der Waals surface area contributed by atoms with Crippen LogP contribution in [0, 0.1) is 0 Å². The third kappa shape index (κ3) is 5.56. The van der Waals surface area contributed by atoms with Crippen LogP contribution < -0.4 is 9.47 Å². The summed E-state index contributed by atoms with van der Waals surface area (Å²) < 4.78 is 10.7. The molecule has 206 valence electrons. The van der Waals surface area contributed by atoms with E-state index in [1.165, 1.54) is 5.06 Å². The second kappa shape index (κ2) is 11.3. The Hall–Kier alpha value is -3.84. The molecule has 0 radical (unpaired) electrons. The van der Waals surface area contributed by atoms with Crippen LogP contribution in [0.25, 0.3) is 0 Å². The zero-order valence-electron chi connectivity index (χ0n) is 22.9. The molecule has 0 bridgehead atoms. The summed E-state index contributed by atoms with van der Waals surface area (Å²) >= 11 is 6.18. The van der Waals surface area contributed by atoms with Crippen LogP contribution in [0.15, 0.2) is 91.0 Å². The fourth-order valence-electron chi connectivity index (χ4n) is 5.07. The maximum absolute atomic E-state index is 13.6. The number of hydroxylamine groups is 2. The number of rotatable bonds is 8. The van der Waals surface area contributed by atoms with Crippen molar-refractivity contribution in [3.05, 3.63) is 129 Å². The molecule has 2 atom stereocenters. The summed E-state index contributed by atoms with van der Waals surface area (Å²) in [5.74, 6) is 1.23. The highest BCUT2D eigenvalue weighted by Crippen LogP contribution is 2.41. The Morgan fingerprint density at radius 1 is 0.875 bits per heavy atom. The minimum Gasteiger partial charge on any atom is -0.497 e. The number of carbonyl (C=O) groups excluding carboxylic acids is 1. The molecule has 1 heterocycles. The normalized spacial score (nSPS) is 15.9. The number of nitrogens with zero attached hydrogens (tertiary/aromatic N) is 1. The lowest BCUT2D eigenvalue weighted by atomic mass is 9.88. The van der Waals surface area contributed by atoms with Gasteiger partial charge in [0.2, 0.25) is 0 Å². The summed E-state index contributed by atoms with van der Waals surface area (Å²) in [5.41, 5.74) is 4.23. The van der Waals surface area contributed by atoms with Crippen molar-refractivity contribution in [3.63, 3.8) is 0 Å². The third-order valence-electron chi connectivity index (χ3n) is 7.31. The largest absolute Gasteiger partial charge is 0.497 e. The molecule has 4 aromatic carbocycles. The van der Waals surface area contributed by atoms with Crippen molar-refractivity contribution in [2.24, 2.45) is 0 Å². The number of hydrogen-bond acceptors (Lipinski definition) is 5. The molecule has 1 N–H and O–H groups in total. The highest BCUT2D eigenvalue weighted by molar-refractivity contribution is 6.30. The second-order valence-corrected chi connectivity index (χ2v) is 10.8. The highest BCUT2D eigenvalue weighted by Gasteiger charge is 2.39. The lowest BCUT2D eigenvalue weighted by Gasteiger charge is -2.41. The first-order valence-electron chi connectivity index (χ1n) is 13.1. The van der Waals surface area contributed by atoms with Crippen LogP contribution >= 0.6 is 11.6 Å². The summed E-state index contributed by atoms with van der Waals surface area (Å²) in [5, 5.41) is 13.1. The van der Waals surface area contributed by atoms with Gasteiger partial charge in [-0.15, -0.1) is 0 Å². The van der Waals surface area contributed by atoms with Crippen molar-refractivity contribution in [3.8, 4) is 11.5 Å². The molecule has 0 fully saturated rings. The summed E-state index contributed by atoms with van der Waals surface area (Å²) in [6.45, 7) is 3.85. The number of ether oxygens (including phenoxy) is 2. The standard InChI is InChI=1S/C33H32ClNO5/c1-33(2,25-12-8-22(9-13-25)32(37)23-6-5-7-27(18-23)38-3)40-35-30(36)20-24-19-28(39-4)16-17-29(24)31(35)21-10-14-26(34)15-11-21/h5-19,31-32,37H,20H2,1-4H3/t31-,32?/m0/s1. The molecule has 40 heavy (non-hydrogen) atoms. The summed E-state index contributed by atoms with van der Waals surface area (Å²) in [6.07, 6.45) is -0.613. The minimum atomic E-state index is -0.857. The molecule has 1 aliphatic heterocycles. The molecule has 1 aliphatic rings. The smallest absolute Gasteiger partial charge is 0.251 e.